The maximum atomic E-state index is 11.1. The zero-order chi connectivity index (χ0) is 15.5. The highest BCUT2D eigenvalue weighted by Crippen LogP contribution is 2.22. The number of benzene rings is 1. The molecule has 2 heterocycles. The predicted molar refractivity (Wildman–Crippen MR) is 80.4 cm³/mol. The summed E-state index contributed by atoms with van der Waals surface area (Å²) in [6.07, 6.45) is 1.60. The highest BCUT2D eigenvalue weighted by atomic mass is 35.5. The maximum Gasteiger partial charge on any atom is 0.307 e. The number of carbonyl (C=O) groups is 1. The van der Waals surface area contributed by atoms with Crippen LogP contribution >= 0.6 is 11.6 Å². The van der Waals surface area contributed by atoms with E-state index in [9.17, 15) is 4.79 Å². The zero-order valence-electron chi connectivity index (χ0n) is 11.9. The molecule has 2 aromatic rings. The van der Waals surface area contributed by atoms with Crippen LogP contribution in [-0.2, 0) is 11.3 Å². The van der Waals surface area contributed by atoms with Gasteiger partial charge in [0.15, 0.2) is 5.82 Å². The number of halogens is 1. The van der Waals surface area contributed by atoms with Crippen LogP contribution in [-0.4, -0.2) is 39.2 Å². The van der Waals surface area contributed by atoms with Gasteiger partial charge in [-0.25, -0.2) is 0 Å². The van der Waals surface area contributed by atoms with Crippen LogP contribution < -0.4 is 0 Å². The molecular weight excluding hydrogens is 306 g/mol. The Morgan fingerprint density at radius 3 is 3.14 bits per heavy atom. The molecule has 1 saturated heterocycles. The number of hydrogen-bond acceptors (Lipinski definition) is 5. The molecule has 1 aromatic carbocycles. The first-order chi connectivity index (χ1) is 10.6. The van der Waals surface area contributed by atoms with Crippen LogP contribution in [0.4, 0.5) is 0 Å². The lowest BCUT2D eigenvalue weighted by molar-refractivity contribution is -0.143. The number of aromatic nitrogens is 2. The molecule has 0 radical (unpaired) electrons. The minimum absolute atomic E-state index is 0.312. The fraction of sp³-hybridized carbons (Fsp3) is 0.400. The monoisotopic (exact) mass is 321 g/mol. The summed E-state index contributed by atoms with van der Waals surface area (Å²) in [7, 11) is 0. The Kier molecular flexibility index (Phi) is 4.40. The number of hydrogen-bond donors (Lipinski definition) is 1. The lowest BCUT2D eigenvalue weighted by Crippen LogP contribution is -2.38. The van der Waals surface area contributed by atoms with Crippen molar-refractivity contribution in [2.75, 3.05) is 13.1 Å². The summed E-state index contributed by atoms with van der Waals surface area (Å²) in [5.74, 6) is -0.0733. The third-order valence-electron chi connectivity index (χ3n) is 3.76. The number of nitrogens with zero attached hydrogens (tertiary/aromatic N) is 3. The zero-order valence-corrected chi connectivity index (χ0v) is 12.7. The first kappa shape index (κ1) is 15.0. The van der Waals surface area contributed by atoms with Gasteiger partial charge in [-0.1, -0.05) is 22.8 Å². The van der Waals surface area contributed by atoms with Crippen molar-refractivity contribution in [1.82, 2.24) is 15.0 Å². The number of piperidine rings is 1. The summed E-state index contributed by atoms with van der Waals surface area (Å²) in [6.45, 7) is 1.87. The molecule has 1 aromatic heterocycles. The topological polar surface area (TPSA) is 79.5 Å². The molecule has 0 aliphatic carbocycles. The van der Waals surface area contributed by atoms with Gasteiger partial charge in [0.2, 0.25) is 0 Å². The van der Waals surface area contributed by atoms with Crippen LogP contribution in [0.5, 0.6) is 0 Å². The summed E-state index contributed by atoms with van der Waals surface area (Å²) < 4.78 is 5.26. The van der Waals surface area contributed by atoms with E-state index in [2.05, 4.69) is 15.0 Å². The molecular formula is C15H16ClN3O3. The molecule has 1 unspecified atom stereocenters. The smallest absolute Gasteiger partial charge is 0.307 e. The fourth-order valence-electron chi connectivity index (χ4n) is 2.66. The van der Waals surface area contributed by atoms with E-state index >= 15 is 0 Å². The number of rotatable bonds is 4. The Labute approximate surface area is 132 Å². The molecule has 22 heavy (non-hydrogen) atoms. The van der Waals surface area contributed by atoms with Crippen LogP contribution in [0.1, 0.15) is 18.7 Å². The Hall–Kier alpha value is -1.92. The maximum absolute atomic E-state index is 11.1. The molecule has 6 nitrogen and oxygen atoms in total. The molecule has 1 aliphatic rings. The van der Waals surface area contributed by atoms with E-state index in [1.807, 2.05) is 12.1 Å². The van der Waals surface area contributed by atoms with Gasteiger partial charge in [-0.2, -0.15) is 4.98 Å². The first-order valence-electron chi connectivity index (χ1n) is 7.15. The normalized spacial score (nSPS) is 19.2. The molecule has 3 rings (SSSR count). The molecule has 0 amide bonds. The van der Waals surface area contributed by atoms with Gasteiger partial charge in [-0.3, -0.25) is 9.69 Å². The minimum Gasteiger partial charge on any atom is -0.481 e. The Bertz CT molecular complexity index is 674. The Morgan fingerprint density at radius 2 is 2.36 bits per heavy atom. The minimum atomic E-state index is -0.738. The van der Waals surface area contributed by atoms with Crippen LogP contribution in [0, 0.1) is 5.92 Å². The first-order valence-corrected chi connectivity index (χ1v) is 7.53. The van der Waals surface area contributed by atoms with Crippen molar-refractivity contribution >= 4 is 17.6 Å². The highest BCUT2D eigenvalue weighted by Gasteiger charge is 2.26. The van der Waals surface area contributed by atoms with Gasteiger partial charge in [-0.15, -0.1) is 0 Å². The average molecular weight is 322 g/mol. The van der Waals surface area contributed by atoms with E-state index in [1.165, 1.54) is 0 Å². The molecule has 1 atom stereocenters. The largest absolute Gasteiger partial charge is 0.481 e. The van der Waals surface area contributed by atoms with Gasteiger partial charge in [0.25, 0.3) is 5.89 Å². The van der Waals surface area contributed by atoms with Gasteiger partial charge in [-0.05, 0) is 37.6 Å². The highest BCUT2D eigenvalue weighted by molar-refractivity contribution is 6.30. The Morgan fingerprint density at radius 1 is 1.50 bits per heavy atom. The van der Waals surface area contributed by atoms with Crippen molar-refractivity contribution in [2.45, 2.75) is 19.4 Å². The number of aliphatic carboxylic acids is 1. The second-order valence-corrected chi connectivity index (χ2v) is 5.88. The van der Waals surface area contributed by atoms with Crippen LogP contribution in [0.15, 0.2) is 28.8 Å². The van der Waals surface area contributed by atoms with Crippen molar-refractivity contribution < 1.29 is 14.4 Å². The molecule has 1 aliphatic heterocycles. The summed E-state index contributed by atoms with van der Waals surface area (Å²) in [5.41, 5.74) is 0.772. The van der Waals surface area contributed by atoms with Crippen molar-refractivity contribution in [3.8, 4) is 11.5 Å². The van der Waals surface area contributed by atoms with Gasteiger partial charge in [0.1, 0.15) is 0 Å². The standard InChI is InChI=1S/C15H16ClN3O3/c16-12-5-1-3-10(7-12)14-17-13(18-22-14)9-19-6-2-4-11(8-19)15(20)21/h1,3,5,7,11H,2,4,6,8-9H2,(H,20,21). The molecule has 1 fully saturated rings. The number of likely N-dealkylation sites (tertiary alicyclic amines) is 1. The van der Waals surface area contributed by atoms with E-state index in [1.54, 1.807) is 12.1 Å². The van der Waals surface area contributed by atoms with Crippen molar-refractivity contribution in [3.63, 3.8) is 0 Å². The van der Waals surface area contributed by atoms with E-state index in [0.29, 0.717) is 29.8 Å². The molecule has 116 valence electrons. The molecule has 0 saturated carbocycles. The molecule has 0 bridgehead atoms. The predicted octanol–water partition coefficient (Wildman–Crippen LogP) is 2.69. The van der Waals surface area contributed by atoms with Gasteiger partial charge < -0.3 is 9.63 Å². The quantitative estimate of drug-likeness (QED) is 0.932. The summed E-state index contributed by atoms with van der Waals surface area (Å²) in [4.78, 5) is 17.5. The molecule has 0 spiro atoms. The summed E-state index contributed by atoms with van der Waals surface area (Å²) in [6, 6.07) is 7.22. The van der Waals surface area contributed by atoms with Gasteiger partial charge in [0.05, 0.1) is 12.5 Å². The average Bonchev–Trinajstić information content (AvgIpc) is 2.96. The van der Waals surface area contributed by atoms with Gasteiger partial charge >= 0.3 is 5.97 Å². The lowest BCUT2D eigenvalue weighted by atomic mass is 9.98. The number of carboxylic acids is 1. The van der Waals surface area contributed by atoms with Crippen molar-refractivity contribution in [3.05, 3.63) is 35.1 Å². The SMILES string of the molecule is O=C(O)C1CCCN(Cc2noc(-c3cccc(Cl)c3)n2)C1. The third-order valence-corrected chi connectivity index (χ3v) is 3.99. The summed E-state index contributed by atoms with van der Waals surface area (Å²) >= 11 is 5.95. The number of carboxylic acid groups (broad SMARTS) is 1. The third kappa shape index (κ3) is 3.45. The fourth-order valence-corrected chi connectivity index (χ4v) is 2.85. The van der Waals surface area contributed by atoms with E-state index in [0.717, 1.165) is 24.9 Å². The van der Waals surface area contributed by atoms with Crippen LogP contribution in [0.3, 0.4) is 0 Å². The summed E-state index contributed by atoms with van der Waals surface area (Å²) in [5, 5.41) is 13.7. The van der Waals surface area contributed by atoms with Crippen LogP contribution in [0.25, 0.3) is 11.5 Å². The molecule has 1 N–H and O–H groups in total. The van der Waals surface area contributed by atoms with Crippen molar-refractivity contribution in [1.29, 1.82) is 0 Å². The van der Waals surface area contributed by atoms with Crippen molar-refractivity contribution in [2.24, 2.45) is 5.92 Å². The van der Waals surface area contributed by atoms with Gasteiger partial charge in [0, 0.05) is 17.1 Å². The Balaban J connectivity index is 1.68. The second kappa shape index (κ2) is 6.46. The van der Waals surface area contributed by atoms with E-state index < -0.39 is 5.97 Å². The lowest BCUT2D eigenvalue weighted by Gasteiger charge is -2.29. The van der Waals surface area contributed by atoms with E-state index in [-0.39, 0.29) is 5.92 Å². The van der Waals surface area contributed by atoms with E-state index in [4.69, 9.17) is 21.2 Å². The molecule has 7 heteroatoms. The second-order valence-electron chi connectivity index (χ2n) is 5.44. The van der Waals surface area contributed by atoms with Crippen LogP contribution in [0.2, 0.25) is 5.02 Å².